The SMILES string of the molecule is C[C@@H](CCCc1nc2c3cc(F)cc(F)c3nc(N)n2n1)N(C)C(=O)c1ncc(C(C)(C)O)cn1. The number of aromatic nitrogens is 6. The number of hydrogen-bond acceptors (Lipinski definition) is 8. The van der Waals surface area contributed by atoms with Gasteiger partial charge in [0.1, 0.15) is 11.3 Å². The molecule has 0 unspecified atom stereocenters. The highest BCUT2D eigenvalue weighted by atomic mass is 19.1. The Labute approximate surface area is 199 Å². The summed E-state index contributed by atoms with van der Waals surface area (Å²) in [5.74, 6) is -1.45. The summed E-state index contributed by atoms with van der Waals surface area (Å²) in [6.07, 6.45) is 4.62. The molecule has 0 bridgehead atoms. The Hall–Kier alpha value is -3.80. The lowest BCUT2D eigenvalue weighted by Gasteiger charge is -2.24. The van der Waals surface area contributed by atoms with Crippen molar-refractivity contribution in [3.8, 4) is 0 Å². The molecule has 1 amide bonds. The molecule has 35 heavy (non-hydrogen) atoms. The number of benzene rings is 1. The number of nitrogen functional groups attached to an aromatic ring is 1. The minimum atomic E-state index is -1.10. The van der Waals surface area contributed by atoms with E-state index in [9.17, 15) is 18.7 Å². The van der Waals surface area contributed by atoms with Gasteiger partial charge in [0, 0.05) is 43.5 Å². The number of halogens is 2. The van der Waals surface area contributed by atoms with Crippen molar-refractivity contribution in [1.82, 2.24) is 34.4 Å². The van der Waals surface area contributed by atoms with E-state index in [1.54, 1.807) is 25.8 Å². The van der Waals surface area contributed by atoms with Crippen LogP contribution in [0, 0.1) is 11.6 Å². The van der Waals surface area contributed by atoms with Gasteiger partial charge in [0.25, 0.3) is 5.91 Å². The summed E-state index contributed by atoms with van der Waals surface area (Å²) in [5.41, 5.74) is 5.48. The molecular weight excluding hydrogens is 458 g/mol. The fraction of sp³-hybridized carbons (Fsp3) is 0.391. The van der Waals surface area contributed by atoms with Crippen molar-refractivity contribution in [3.05, 3.63) is 53.4 Å². The lowest BCUT2D eigenvalue weighted by Crippen LogP contribution is -2.36. The number of anilines is 1. The minimum absolute atomic E-state index is 0.0451. The number of aryl methyl sites for hydroxylation is 1. The lowest BCUT2D eigenvalue weighted by atomic mass is 10.0. The molecule has 0 radical (unpaired) electrons. The Morgan fingerprint density at radius 3 is 2.57 bits per heavy atom. The number of amides is 1. The molecular formula is C23H26F2N8O2. The zero-order chi connectivity index (χ0) is 25.5. The van der Waals surface area contributed by atoms with Crippen LogP contribution in [-0.2, 0) is 12.0 Å². The third-order valence-electron chi connectivity index (χ3n) is 5.92. The molecule has 4 rings (SSSR count). The van der Waals surface area contributed by atoms with Gasteiger partial charge in [-0.3, -0.25) is 4.79 Å². The van der Waals surface area contributed by atoms with Crippen LogP contribution in [0.4, 0.5) is 14.7 Å². The van der Waals surface area contributed by atoms with Crippen LogP contribution in [-0.4, -0.2) is 58.6 Å². The molecule has 0 saturated carbocycles. The second kappa shape index (κ2) is 9.10. The lowest BCUT2D eigenvalue weighted by molar-refractivity contribution is 0.0710. The molecule has 1 atom stereocenters. The maximum Gasteiger partial charge on any atom is 0.291 e. The van der Waals surface area contributed by atoms with Gasteiger partial charge in [0.2, 0.25) is 11.8 Å². The third kappa shape index (κ3) is 4.87. The molecule has 10 nitrogen and oxygen atoms in total. The second-order valence-corrected chi connectivity index (χ2v) is 9.03. The Morgan fingerprint density at radius 1 is 1.23 bits per heavy atom. The van der Waals surface area contributed by atoms with E-state index in [0.29, 0.717) is 30.7 Å². The highest BCUT2D eigenvalue weighted by Gasteiger charge is 2.22. The molecule has 184 valence electrons. The first kappa shape index (κ1) is 24.3. The summed E-state index contributed by atoms with van der Waals surface area (Å²) in [6.45, 7) is 5.13. The number of fused-ring (bicyclic) bond motifs is 3. The van der Waals surface area contributed by atoms with Crippen LogP contribution in [0.15, 0.2) is 24.5 Å². The topological polar surface area (TPSA) is 135 Å². The van der Waals surface area contributed by atoms with Crippen LogP contribution in [0.1, 0.15) is 55.6 Å². The van der Waals surface area contributed by atoms with Crippen LogP contribution in [0.3, 0.4) is 0 Å². The van der Waals surface area contributed by atoms with Gasteiger partial charge in [-0.2, -0.15) is 4.52 Å². The zero-order valence-electron chi connectivity index (χ0n) is 19.8. The molecule has 0 saturated heterocycles. The van der Waals surface area contributed by atoms with Gasteiger partial charge in [-0.05, 0) is 39.7 Å². The van der Waals surface area contributed by atoms with Crippen molar-refractivity contribution in [1.29, 1.82) is 0 Å². The van der Waals surface area contributed by atoms with E-state index in [2.05, 4.69) is 25.0 Å². The molecule has 0 aliphatic heterocycles. The highest BCUT2D eigenvalue weighted by Crippen LogP contribution is 2.24. The average Bonchev–Trinajstić information content (AvgIpc) is 3.23. The van der Waals surface area contributed by atoms with E-state index < -0.39 is 17.2 Å². The van der Waals surface area contributed by atoms with Crippen molar-refractivity contribution >= 4 is 28.4 Å². The smallest absolute Gasteiger partial charge is 0.291 e. The molecule has 4 aromatic rings. The van der Waals surface area contributed by atoms with Crippen molar-refractivity contribution < 1.29 is 18.7 Å². The summed E-state index contributed by atoms with van der Waals surface area (Å²) >= 11 is 0. The first-order chi connectivity index (χ1) is 16.5. The van der Waals surface area contributed by atoms with Gasteiger partial charge in [0.15, 0.2) is 17.3 Å². The Balaban J connectivity index is 1.43. The first-order valence-corrected chi connectivity index (χ1v) is 11.1. The van der Waals surface area contributed by atoms with E-state index in [1.807, 2.05) is 6.92 Å². The number of carbonyl (C=O) groups excluding carboxylic acids is 1. The molecule has 0 aliphatic carbocycles. The van der Waals surface area contributed by atoms with E-state index in [0.717, 1.165) is 12.1 Å². The number of rotatable bonds is 7. The standard InChI is InChI=1S/C23H26F2N8O2/c1-12(32(4)21(34)19-27-10-13(11-28-19)23(2,3)35)6-5-7-17-29-20-15-8-14(24)9-16(25)18(15)30-22(26)33(20)31-17/h8-12,35H,5-7H2,1-4H3,(H2,26,30)/t12-/m0/s1. The van der Waals surface area contributed by atoms with E-state index in [1.165, 1.54) is 16.9 Å². The fourth-order valence-corrected chi connectivity index (χ4v) is 3.67. The average molecular weight is 485 g/mol. The van der Waals surface area contributed by atoms with Crippen molar-refractivity contribution in [2.24, 2.45) is 0 Å². The summed E-state index contributed by atoms with van der Waals surface area (Å²) in [6, 6.07) is 1.76. The predicted octanol–water partition coefficient (Wildman–Crippen LogP) is 2.64. The molecule has 3 aromatic heterocycles. The molecule has 0 spiro atoms. The molecule has 1 aromatic carbocycles. The summed E-state index contributed by atoms with van der Waals surface area (Å²) in [4.78, 5) is 30.9. The summed E-state index contributed by atoms with van der Waals surface area (Å²) < 4.78 is 29.1. The van der Waals surface area contributed by atoms with Crippen LogP contribution < -0.4 is 5.73 Å². The van der Waals surface area contributed by atoms with E-state index in [4.69, 9.17) is 5.73 Å². The van der Waals surface area contributed by atoms with E-state index in [-0.39, 0.29) is 40.3 Å². The number of aliphatic hydroxyl groups is 1. The number of carbonyl (C=O) groups is 1. The van der Waals surface area contributed by atoms with Crippen LogP contribution in [0.25, 0.3) is 16.6 Å². The first-order valence-electron chi connectivity index (χ1n) is 11.1. The predicted molar refractivity (Wildman–Crippen MR) is 124 cm³/mol. The van der Waals surface area contributed by atoms with Gasteiger partial charge in [-0.15, -0.1) is 5.10 Å². The molecule has 3 heterocycles. The molecule has 0 fully saturated rings. The monoisotopic (exact) mass is 484 g/mol. The third-order valence-corrected chi connectivity index (χ3v) is 5.92. The minimum Gasteiger partial charge on any atom is -0.386 e. The maximum atomic E-state index is 14.1. The maximum absolute atomic E-state index is 14.1. The number of hydrogen-bond donors (Lipinski definition) is 2. The highest BCUT2D eigenvalue weighted by molar-refractivity contribution is 5.92. The number of nitrogens with two attached hydrogens (primary N) is 1. The van der Waals surface area contributed by atoms with Crippen LogP contribution >= 0.6 is 0 Å². The van der Waals surface area contributed by atoms with Gasteiger partial charge in [-0.1, -0.05) is 0 Å². The van der Waals surface area contributed by atoms with Gasteiger partial charge in [-0.25, -0.2) is 28.7 Å². The zero-order valence-corrected chi connectivity index (χ0v) is 19.8. The van der Waals surface area contributed by atoms with Gasteiger partial charge >= 0.3 is 0 Å². The van der Waals surface area contributed by atoms with E-state index >= 15 is 0 Å². The van der Waals surface area contributed by atoms with Crippen molar-refractivity contribution in [2.75, 3.05) is 12.8 Å². The van der Waals surface area contributed by atoms with Gasteiger partial charge < -0.3 is 15.7 Å². The fourth-order valence-electron chi connectivity index (χ4n) is 3.67. The summed E-state index contributed by atoms with van der Waals surface area (Å²) in [7, 11) is 1.67. The normalized spacial score (nSPS) is 12.9. The molecule has 0 aliphatic rings. The Morgan fingerprint density at radius 2 is 1.91 bits per heavy atom. The Kier molecular flexibility index (Phi) is 6.32. The quantitative estimate of drug-likeness (QED) is 0.409. The molecule has 12 heteroatoms. The van der Waals surface area contributed by atoms with Gasteiger partial charge in [0.05, 0.1) is 11.0 Å². The van der Waals surface area contributed by atoms with Crippen LogP contribution in [0.2, 0.25) is 0 Å². The largest absolute Gasteiger partial charge is 0.386 e. The van der Waals surface area contributed by atoms with Crippen molar-refractivity contribution in [2.45, 2.75) is 51.7 Å². The molecule has 3 N–H and O–H groups in total. The van der Waals surface area contributed by atoms with Crippen molar-refractivity contribution in [3.63, 3.8) is 0 Å². The summed E-state index contributed by atoms with van der Waals surface area (Å²) in [5, 5.41) is 14.5. The number of nitrogens with zero attached hydrogens (tertiary/aromatic N) is 7. The second-order valence-electron chi connectivity index (χ2n) is 9.03. The van der Waals surface area contributed by atoms with Crippen LogP contribution in [0.5, 0.6) is 0 Å². The Bertz CT molecular complexity index is 1400.